The highest BCUT2D eigenvalue weighted by Crippen LogP contribution is 2.26. The molecule has 60 valence electrons. The number of hydrogen-bond donors (Lipinski definition) is 0. The summed E-state index contributed by atoms with van der Waals surface area (Å²) in [6.07, 6.45) is 3.75. The summed E-state index contributed by atoms with van der Waals surface area (Å²) in [5, 5.41) is 0.375. The van der Waals surface area contributed by atoms with E-state index in [2.05, 4.69) is 27.3 Å². The van der Waals surface area contributed by atoms with E-state index in [1.165, 1.54) is 0 Å². The lowest BCUT2D eigenvalue weighted by Gasteiger charge is -2.24. The van der Waals surface area contributed by atoms with Crippen molar-refractivity contribution in [3.8, 4) is 0 Å². The van der Waals surface area contributed by atoms with E-state index in [0.717, 1.165) is 0 Å². The van der Waals surface area contributed by atoms with Gasteiger partial charge in [-0.1, -0.05) is 26.8 Å². The highest BCUT2D eigenvalue weighted by molar-refractivity contribution is 6.53. The molecule has 1 nitrogen and oxygen atoms in total. The molecule has 10 heavy (non-hydrogen) atoms. The summed E-state index contributed by atoms with van der Waals surface area (Å²) < 4.78 is 5.51. The number of allylic oxidation sites excluding steroid dienone is 1. The van der Waals surface area contributed by atoms with Gasteiger partial charge in [0.15, 0.2) is 0 Å². The van der Waals surface area contributed by atoms with Crippen LogP contribution in [0.5, 0.6) is 0 Å². The maximum Gasteiger partial charge on any atom is 0.236 e. The molecule has 1 atom stereocenters. The first-order valence-corrected chi connectivity index (χ1v) is 5.95. The molecule has 0 aromatic heterocycles. The molecule has 2 heteroatoms. The minimum absolute atomic E-state index is 0.375. The zero-order chi connectivity index (χ0) is 8.20. The van der Waals surface area contributed by atoms with Gasteiger partial charge in [0.2, 0.25) is 9.04 Å². The minimum atomic E-state index is -0.995. The fourth-order valence-electron chi connectivity index (χ4n) is 0.401. The Bertz CT molecular complexity index is 113. The molecule has 0 aliphatic rings. The van der Waals surface area contributed by atoms with E-state index in [1.807, 2.05) is 19.3 Å². The van der Waals surface area contributed by atoms with Crippen LogP contribution in [0, 0.1) is 0 Å². The Balaban J connectivity index is 3.73. The van der Waals surface area contributed by atoms with Crippen molar-refractivity contribution < 1.29 is 4.43 Å². The Morgan fingerprint density at radius 2 is 1.80 bits per heavy atom. The molecule has 0 heterocycles. The molecule has 0 amide bonds. The molecule has 0 aromatic carbocycles. The summed E-state index contributed by atoms with van der Waals surface area (Å²) in [7, 11) is -0.995. The smallest absolute Gasteiger partial charge is 0.236 e. The molecular formula is C8H18OSi. The molecule has 0 bridgehead atoms. The first-order valence-electron chi connectivity index (χ1n) is 3.75. The molecule has 0 N–H and O–H groups in total. The van der Waals surface area contributed by atoms with Gasteiger partial charge in [0.05, 0.1) is 6.26 Å². The van der Waals surface area contributed by atoms with Crippen LogP contribution in [0.3, 0.4) is 0 Å². The van der Waals surface area contributed by atoms with Crippen LogP contribution in [0.4, 0.5) is 0 Å². The molecule has 0 aliphatic carbocycles. The molecule has 0 spiro atoms. The summed E-state index contributed by atoms with van der Waals surface area (Å²) in [6.45, 7) is 10.9. The van der Waals surface area contributed by atoms with Crippen molar-refractivity contribution in [1.29, 1.82) is 0 Å². The molecule has 0 aliphatic heterocycles. The third-order valence-electron chi connectivity index (χ3n) is 1.64. The van der Waals surface area contributed by atoms with Crippen LogP contribution in [0.25, 0.3) is 0 Å². The average Bonchev–Trinajstić information content (AvgIpc) is 1.80. The fraction of sp³-hybridized carbons (Fsp3) is 0.750. The van der Waals surface area contributed by atoms with E-state index in [0.29, 0.717) is 5.04 Å². The van der Waals surface area contributed by atoms with E-state index in [9.17, 15) is 0 Å². The molecule has 1 unspecified atom stereocenters. The average molecular weight is 158 g/mol. The summed E-state index contributed by atoms with van der Waals surface area (Å²) in [4.78, 5) is 0. The zero-order valence-electron chi connectivity index (χ0n) is 7.64. The maximum absolute atomic E-state index is 5.51. The Kier molecular flexibility index (Phi) is 3.72. The predicted octanol–water partition coefficient (Wildman–Crippen LogP) is 2.69. The van der Waals surface area contributed by atoms with Crippen molar-refractivity contribution in [3.05, 3.63) is 12.3 Å². The van der Waals surface area contributed by atoms with Crippen molar-refractivity contribution in [1.82, 2.24) is 0 Å². The highest BCUT2D eigenvalue weighted by Gasteiger charge is 2.22. The summed E-state index contributed by atoms with van der Waals surface area (Å²) in [6, 6.07) is 0. The lowest BCUT2D eigenvalue weighted by Crippen LogP contribution is -2.23. The van der Waals surface area contributed by atoms with Gasteiger partial charge < -0.3 is 4.43 Å². The van der Waals surface area contributed by atoms with E-state index in [-0.39, 0.29) is 0 Å². The lowest BCUT2D eigenvalue weighted by atomic mass is 10.3. The van der Waals surface area contributed by atoms with Crippen molar-refractivity contribution >= 4 is 9.04 Å². The molecule has 0 aromatic rings. The summed E-state index contributed by atoms with van der Waals surface area (Å²) in [5.74, 6) is 0. The van der Waals surface area contributed by atoms with Gasteiger partial charge in [-0.25, -0.2) is 0 Å². The zero-order valence-corrected chi connectivity index (χ0v) is 8.79. The van der Waals surface area contributed by atoms with Gasteiger partial charge in [-0.05, 0) is 18.5 Å². The largest absolute Gasteiger partial charge is 0.552 e. The third-order valence-corrected chi connectivity index (χ3v) is 4.64. The van der Waals surface area contributed by atoms with Crippen molar-refractivity contribution in [2.45, 2.75) is 39.3 Å². The van der Waals surface area contributed by atoms with Crippen molar-refractivity contribution in [2.24, 2.45) is 0 Å². The molecule has 0 saturated carbocycles. The molecule has 0 saturated heterocycles. The highest BCUT2D eigenvalue weighted by atomic mass is 28.3. The van der Waals surface area contributed by atoms with Crippen molar-refractivity contribution in [3.63, 3.8) is 0 Å². The molecular weight excluding hydrogens is 140 g/mol. The molecule has 0 fully saturated rings. The number of hydrogen-bond acceptors (Lipinski definition) is 1. The van der Waals surface area contributed by atoms with Crippen LogP contribution in [0.15, 0.2) is 12.3 Å². The van der Waals surface area contributed by atoms with Gasteiger partial charge >= 0.3 is 0 Å². The monoisotopic (exact) mass is 158 g/mol. The first kappa shape index (κ1) is 9.76. The second-order valence-electron chi connectivity index (χ2n) is 3.61. The van der Waals surface area contributed by atoms with E-state index >= 15 is 0 Å². The summed E-state index contributed by atoms with van der Waals surface area (Å²) >= 11 is 0. The second-order valence-corrected chi connectivity index (χ2v) is 6.90. The SMILES string of the molecule is CC=CO[SiH](C)C(C)(C)C. The van der Waals surface area contributed by atoms with Crippen LogP contribution >= 0.6 is 0 Å². The van der Waals surface area contributed by atoms with Crippen LogP contribution in [0.2, 0.25) is 11.6 Å². The summed E-state index contributed by atoms with van der Waals surface area (Å²) in [5.41, 5.74) is 0. The maximum atomic E-state index is 5.51. The van der Waals surface area contributed by atoms with E-state index in [4.69, 9.17) is 4.43 Å². The van der Waals surface area contributed by atoms with Crippen LogP contribution in [-0.2, 0) is 4.43 Å². The fourth-order valence-corrected chi connectivity index (χ4v) is 1.20. The van der Waals surface area contributed by atoms with Crippen LogP contribution in [-0.4, -0.2) is 9.04 Å². The Hall–Kier alpha value is -0.243. The Morgan fingerprint density at radius 3 is 2.10 bits per heavy atom. The molecule has 0 rings (SSSR count). The van der Waals surface area contributed by atoms with Gasteiger partial charge in [0, 0.05) is 0 Å². The first-order chi connectivity index (χ1) is 4.48. The predicted molar refractivity (Wildman–Crippen MR) is 48.6 cm³/mol. The normalized spacial score (nSPS) is 15.7. The third kappa shape index (κ3) is 3.72. The minimum Gasteiger partial charge on any atom is -0.552 e. The Labute approximate surface area is 65.8 Å². The Morgan fingerprint density at radius 1 is 1.30 bits per heavy atom. The quantitative estimate of drug-likeness (QED) is 0.443. The van der Waals surface area contributed by atoms with Gasteiger partial charge in [-0.2, -0.15) is 0 Å². The van der Waals surface area contributed by atoms with Crippen molar-refractivity contribution in [2.75, 3.05) is 0 Å². The van der Waals surface area contributed by atoms with E-state index in [1.54, 1.807) is 0 Å². The molecule has 0 radical (unpaired) electrons. The van der Waals surface area contributed by atoms with Crippen LogP contribution in [0.1, 0.15) is 27.7 Å². The second kappa shape index (κ2) is 3.81. The van der Waals surface area contributed by atoms with Gasteiger partial charge in [0.25, 0.3) is 0 Å². The van der Waals surface area contributed by atoms with Gasteiger partial charge in [0.1, 0.15) is 0 Å². The standard InChI is InChI=1S/C8H18OSi/c1-6-7-9-10(5)8(2,3)4/h6-7,10H,1-5H3. The lowest BCUT2D eigenvalue weighted by molar-refractivity contribution is 0.455. The van der Waals surface area contributed by atoms with Crippen LogP contribution < -0.4 is 0 Å². The van der Waals surface area contributed by atoms with E-state index < -0.39 is 9.04 Å². The number of rotatable bonds is 2. The van der Waals surface area contributed by atoms with Gasteiger partial charge in [-0.15, -0.1) is 0 Å². The topological polar surface area (TPSA) is 9.23 Å². The van der Waals surface area contributed by atoms with Gasteiger partial charge in [-0.3, -0.25) is 0 Å².